The van der Waals surface area contributed by atoms with E-state index in [1.807, 2.05) is 0 Å². The average Bonchev–Trinajstić information content (AvgIpc) is 2.69. The van der Waals surface area contributed by atoms with Crippen LogP contribution in [0.25, 0.3) is 11.3 Å². The van der Waals surface area contributed by atoms with Crippen molar-refractivity contribution in [1.82, 2.24) is 0 Å². The average molecular weight is 268 g/mol. The number of benzene rings is 1. The number of halogens is 3. The van der Waals surface area contributed by atoms with Crippen LogP contribution >= 0.6 is 0 Å². The number of rotatable bonds is 3. The summed E-state index contributed by atoms with van der Waals surface area (Å²) < 4.78 is 41.9. The molecular weight excluding hydrogens is 257 g/mol. The van der Waals surface area contributed by atoms with Crippen LogP contribution in [0.3, 0.4) is 0 Å². The van der Waals surface area contributed by atoms with E-state index < -0.39 is 12.6 Å². The Morgan fingerprint density at radius 2 is 1.84 bits per heavy atom. The van der Waals surface area contributed by atoms with E-state index in [9.17, 15) is 18.0 Å². The van der Waals surface area contributed by atoms with Crippen molar-refractivity contribution in [2.75, 3.05) is 0 Å². The van der Waals surface area contributed by atoms with E-state index in [1.54, 1.807) is 25.1 Å². The predicted molar refractivity (Wildman–Crippen MR) is 64.0 cm³/mol. The lowest BCUT2D eigenvalue weighted by atomic mass is 10.1. The van der Waals surface area contributed by atoms with E-state index in [0.717, 1.165) is 0 Å². The Bertz CT molecular complexity index is 580. The Morgan fingerprint density at radius 3 is 2.32 bits per heavy atom. The molecule has 0 saturated heterocycles. The Hall–Kier alpha value is -2.04. The van der Waals surface area contributed by atoms with Crippen LogP contribution in [0.2, 0.25) is 0 Å². The van der Waals surface area contributed by atoms with Gasteiger partial charge in [-0.25, -0.2) is 0 Å². The van der Waals surface area contributed by atoms with Crippen molar-refractivity contribution >= 4 is 6.29 Å². The second kappa shape index (κ2) is 4.91. The van der Waals surface area contributed by atoms with Crippen molar-refractivity contribution < 1.29 is 22.4 Å². The molecule has 0 spiro atoms. The predicted octanol–water partition coefficient (Wildman–Crippen LogP) is 4.17. The van der Waals surface area contributed by atoms with Gasteiger partial charge in [-0.15, -0.1) is 0 Å². The molecule has 0 bridgehead atoms. The third-order valence-corrected chi connectivity index (χ3v) is 2.71. The summed E-state index contributed by atoms with van der Waals surface area (Å²) in [5, 5.41) is 0. The molecule has 0 N–H and O–H groups in total. The maximum atomic E-state index is 12.2. The largest absolute Gasteiger partial charge is 0.453 e. The van der Waals surface area contributed by atoms with Gasteiger partial charge in [0.15, 0.2) is 12.0 Å². The summed E-state index contributed by atoms with van der Waals surface area (Å²) >= 11 is 0. The van der Waals surface area contributed by atoms with E-state index in [4.69, 9.17) is 4.42 Å². The van der Waals surface area contributed by atoms with Gasteiger partial charge in [0.05, 0.1) is 6.42 Å². The zero-order valence-corrected chi connectivity index (χ0v) is 10.1. The van der Waals surface area contributed by atoms with Crippen molar-refractivity contribution in [3.63, 3.8) is 0 Å². The highest BCUT2D eigenvalue weighted by Gasteiger charge is 2.27. The molecule has 0 radical (unpaired) electrons. The molecule has 100 valence electrons. The molecule has 0 atom stereocenters. The van der Waals surface area contributed by atoms with Crippen molar-refractivity contribution in [3.8, 4) is 11.3 Å². The minimum absolute atomic E-state index is 0.190. The smallest absolute Gasteiger partial charge is 0.393 e. The van der Waals surface area contributed by atoms with Gasteiger partial charge in [-0.2, -0.15) is 13.2 Å². The molecule has 1 aromatic heterocycles. The number of carbonyl (C=O) groups excluding carboxylic acids is 1. The summed E-state index contributed by atoms with van der Waals surface area (Å²) in [5.41, 5.74) is 1.53. The molecule has 0 aliphatic rings. The number of hydrogen-bond donors (Lipinski definition) is 0. The van der Waals surface area contributed by atoms with E-state index in [-0.39, 0.29) is 11.3 Å². The van der Waals surface area contributed by atoms with E-state index >= 15 is 0 Å². The number of carbonyl (C=O) groups is 1. The molecule has 0 amide bonds. The number of aldehydes is 1. The Morgan fingerprint density at radius 1 is 1.21 bits per heavy atom. The van der Waals surface area contributed by atoms with Crippen molar-refractivity contribution in [1.29, 1.82) is 0 Å². The van der Waals surface area contributed by atoms with Gasteiger partial charge in [-0.1, -0.05) is 24.3 Å². The topological polar surface area (TPSA) is 30.2 Å². The van der Waals surface area contributed by atoms with Gasteiger partial charge >= 0.3 is 6.18 Å². The molecule has 2 aromatic rings. The highest BCUT2D eigenvalue weighted by Crippen LogP contribution is 2.27. The van der Waals surface area contributed by atoms with Crippen molar-refractivity contribution in [2.45, 2.75) is 19.5 Å². The number of aryl methyl sites for hydroxylation is 1. The Labute approximate surface area is 107 Å². The third-order valence-electron chi connectivity index (χ3n) is 2.71. The first-order valence-electron chi connectivity index (χ1n) is 5.61. The molecule has 2 rings (SSSR count). The van der Waals surface area contributed by atoms with Crippen molar-refractivity contribution in [2.24, 2.45) is 0 Å². The zero-order chi connectivity index (χ0) is 14.0. The quantitative estimate of drug-likeness (QED) is 0.782. The molecule has 19 heavy (non-hydrogen) atoms. The maximum absolute atomic E-state index is 12.2. The lowest BCUT2D eigenvalue weighted by molar-refractivity contribution is -0.127. The second-order valence-electron chi connectivity index (χ2n) is 4.26. The summed E-state index contributed by atoms with van der Waals surface area (Å²) in [5.74, 6) is 0.701. The molecule has 1 heterocycles. The summed E-state index contributed by atoms with van der Waals surface area (Å²) in [6, 6.07) is 7.59. The van der Waals surface area contributed by atoms with Crippen LogP contribution in [0.15, 0.2) is 34.7 Å². The van der Waals surface area contributed by atoms with Gasteiger partial charge in [0.25, 0.3) is 0 Å². The van der Waals surface area contributed by atoms with Crippen LogP contribution in [-0.4, -0.2) is 12.5 Å². The first-order valence-corrected chi connectivity index (χ1v) is 5.61. The van der Waals surface area contributed by atoms with Crippen LogP contribution in [0.4, 0.5) is 13.2 Å². The fourth-order valence-corrected chi connectivity index (χ4v) is 1.77. The lowest BCUT2D eigenvalue weighted by Crippen LogP contribution is -2.11. The molecule has 0 aliphatic heterocycles. The molecule has 0 aliphatic carbocycles. The summed E-state index contributed by atoms with van der Waals surface area (Å²) in [7, 11) is 0. The molecule has 2 nitrogen and oxygen atoms in total. The first kappa shape index (κ1) is 13.4. The van der Waals surface area contributed by atoms with Crippen LogP contribution in [0.1, 0.15) is 21.7 Å². The zero-order valence-electron chi connectivity index (χ0n) is 10.1. The van der Waals surface area contributed by atoms with Crippen molar-refractivity contribution in [3.05, 3.63) is 47.2 Å². The summed E-state index contributed by atoms with van der Waals surface area (Å²) in [4.78, 5) is 10.7. The van der Waals surface area contributed by atoms with Crippen LogP contribution in [0, 0.1) is 6.92 Å². The van der Waals surface area contributed by atoms with Gasteiger partial charge in [0.2, 0.25) is 0 Å². The monoisotopic (exact) mass is 268 g/mol. The first-order chi connectivity index (χ1) is 8.89. The van der Waals surface area contributed by atoms with Gasteiger partial charge in [0, 0.05) is 5.56 Å². The summed E-state index contributed by atoms with van der Waals surface area (Å²) in [6.45, 7) is 1.73. The van der Waals surface area contributed by atoms with E-state index in [1.165, 1.54) is 12.1 Å². The van der Waals surface area contributed by atoms with E-state index in [0.29, 0.717) is 23.2 Å². The minimum atomic E-state index is -4.21. The SMILES string of the molecule is Cc1cc(-c2ccc(CC(F)(F)F)cc2)oc1C=O. The third kappa shape index (κ3) is 3.24. The highest BCUT2D eigenvalue weighted by molar-refractivity contribution is 5.75. The standard InChI is InChI=1S/C14H11F3O2/c1-9-6-12(19-13(9)8-18)11-4-2-10(3-5-11)7-14(15,16)17/h2-6,8H,7H2,1H3. The highest BCUT2D eigenvalue weighted by atomic mass is 19.4. The number of alkyl halides is 3. The second-order valence-corrected chi connectivity index (χ2v) is 4.26. The summed E-state index contributed by atoms with van der Waals surface area (Å²) in [6.07, 6.45) is -4.56. The Kier molecular flexibility index (Phi) is 3.46. The Balaban J connectivity index is 2.24. The molecule has 0 unspecified atom stereocenters. The van der Waals surface area contributed by atoms with Crippen LogP contribution in [-0.2, 0) is 6.42 Å². The maximum Gasteiger partial charge on any atom is 0.393 e. The van der Waals surface area contributed by atoms with E-state index in [2.05, 4.69) is 0 Å². The lowest BCUT2D eigenvalue weighted by Gasteiger charge is -2.06. The molecular formula is C14H11F3O2. The van der Waals surface area contributed by atoms with Gasteiger partial charge in [0.1, 0.15) is 5.76 Å². The molecule has 1 aromatic carbocycles. The van der Waals surface area contributed by atoms with Crippen LogP contribution in [0.5, 0.6) is 0 Å². The van der Waals surface area contributed by atoms with Crippen LogP contribution < -0.4 is 0 Å². The van der Waals surface area contributed by atoms with Gasteiger partial charge in [-0.05, 0) is 24.1 Å². The minimum Gasteiger partial charge on any atom is -0.453 e. The number of hydrogen-bond acceptors (Lipinski definition) is 2. The fourth-order valence-electron chi connectivity index (χ4n) is 1.77. The molecule has 0 fully saturated rings. The fraction of sp³-hybridized carbons (Fsp3) is 0.214. The number of furan rings is 1. The van der Waals surface area contributed by atoms with Gasteiger partial charge < -0.3 is 4.42 Å². The molecule has 5 heteroatoms. The normalized spacial score (nSPS) is 11.6. The molecule has 0 saturated carbocycles. The van der Waals surface area contributed by atoms with Gasteiger partial charge in [-0.3, -0.25) is 4.79 Å².